The van der Waals surface area contributed by atoms with Gasteiger partial charge in [0.25, 0.3) is 5.69 Å². The molecule has 2 N–H and O–H groups in total. The first kappa shape index (κ1) is 11.1. The molecule has 0 saturated carbocycles. The quantitative estimate of drug-likeness (QED) is 0.588. The second-order valence-electron chi connectivity index (χ2n) is 2.90. The predicted molar refractivity (Wildman–Crippen MR) is 52.3 cm³/mol. The molecule has 0 spiro atoms. The zero-order valence-corrected chi connectivity index (χ0v) is 8.10. The molecule has 1 aromatic rings. The van der Waals surface area contributed by atoms with Gasteiger partial charge in [-0.2, -0.15) is 0 Å². The lowest BCUT2D eigenvalue weighted by Gasteiger charge is -2.03. The average Bonchev–Trinajstić information content (AvgIpc) is 2.17. The van der Waals surface area contributed by atoms with Gasteiger partial charge >= 0.3 is 0 Å². The summed E-state index contributed by atoms with van der Waals surface area (Å²) in [6.07, 6.45) is 0. The summed E-state index contributed by atoms with van der Waals surface area (Å²) in [6, 6.07) is 3.93. The Morgan fingerprint density at radius 3 is 2.73 bits per heavy atom. The Labute approximate surface area is 85.8 Å². The maximum Gasteiger partial charge on any atom is 0.274 e. The molecule has 15 heavy (non-hydrogen) atoms. The Bertz CT molecular complexity index is 403. The minimum Gasteiger partial charge on any atom is -0.380 e. The van der Waals surface area contributed by atoms with E-state index in [1.165, 1.54) is 25.3 Å². The van der Waals surface area contributed by atoms with Crippen molar-refractivity contribution >= 4 is 11.6 Å². The molecule has 0 unspecified atom stereocenters. The van der Waals surface area contributed by atoms with Crippen molar-refractivity contribution in [3.05, 3.63) is 39.4 Å². The standard InChI is InChI=1S/C9H10N2O4/c1-15-5-7-4-6(9(10)12)2-3-8(7)11(13)14/h2-4H,5H2,1H3,(H2,10,12). The first-order chi connectivity index (χ1) is 7.06. The number of carbonyl (C=O) groups is 1. The van der Waals surface area contributed by atoms with E-state index < -0.39 is 10.8 Å². The molecule has 0 atom stereocenters. The number of primary amides is 1. The molecule has 0 bridgehead atoms. The van der Waals surface area contributed by atoms with Gasteiger partial charge in [-0.1, -0.05) is 0 Å². The van der Waals surface area contributed by atoms with Crippen LogP contribution in [0.2, 0.25) is 0 Å². The maximum atomic E-state index is 10.9. The average molecular weight is 210 g/mol. The fraction of sp³-hybridized carbons (Fsp3) is 0.222. The zero-order valence-electron chi connectivity index (χ0n) is 8.10. The normalized spacial score (nSPS) is 9.93. The molecule has 0 fully saturated rings. The molecule has 6 heteroatoms. The van der Waals surface area contributed by atoms with Gasteiger partial charge in [-0.25, -0.2) is 0 Å². The molecule has 1 rings (SSSR count). The van der Waals surface area contributed by atoms with Gasteiger partial charge < -0.3 is 10.5 Å². The van der Waals surface area contributed by atoms with Crippen LogP contribution in [0.15, 0.2) is 18.2 Å². The topological polar surface area (TPSA) is 95.5 Å². The summed E-state index contributed by atoms with van der Waals surface area (Å²) in [7, 11) is 1.42. The van der Waals surface area contributed by atoms with E-state index >= 15 is 0 Å². The Morgan fingerprint density at radius 1 is 1.60 bits per heavy atom. The van der Waals surface area contributed by atoms with Crippen LogP contribution in [0.4, 0.5) is 5.69 Å². The molecule has 0 saturated heterocycles. The third-order valence-electron chi connectivity index (χ3n) is 1.86. The molecule has 6 nitrogen and oxygen atoms in total. The summed E-state index contributed by atoms with van der Waals surface area (Å²) in [6.45, 7) is 0.0669. The van der Waals surface area contributed by atoms with Crippen LogP contribution in [0.25, 0.3) is 0 Å². The van der Waals surface area contributed by atoms with Gasteiger partial charge in [0, 0.05) is 18.7 Å². The van der Waals surface area contributed by atoms with E-state index in [0.717, 1.165) is 0 Å². The van der Waals surface area contributed by atoms with Crippen molar-refractivity contribution in [2.75, 3.05) is 7.11 Å². The van der Waals surface area contributed by atoms with Crippen LogP contribution < -0.4 is 5.73 Å². The summed E-state index contributed by atoms with van der Waals surface area (Å²) in [4.78, 5) is 20.9. The summed E-state index contributed by atoms with van der Waals surface area (Å²) < 4.78 is 4.80. The summed E-state index contributed by atoms with van der Waals surface area (Å²) in [5, 5.41) is 10.6. The van der Waals surface area contributed by atoms with E-state index in [-0.39, 0.29) is 17.9 Å². The number of hydrogen-bond donors (Lipinski definition) is 1. The molecule has 0 radical (unpaired) electrons. The van der Waals surface area contributed by atoms with Crippen molar-refractivity contribution in [3.8, 4) is 0 Å². The number of carbonyl (C=O) groups excluding carboxylic acids is 1. The van der Waals surface area contributed by atoms with E-state index in [4.69, 9.17) is 10.5 Å². The number of nitro groups is 1. The van der Waals surface area contributed by atoms with Crippen LogP contribution in [0.5, 0.6) is 0 Å². The second kappa shape index (κ2) is 4.52. The van der Waals surface area contributed by atoms with Crippen LogP contribution in [0.1, 0.15) is 15.9 Å². The number of rotatable bonds is 4. The zero-order chi connectivity index (χ0) is 11.4. The van der Waals surface area contributed by atoms with Crippen LogP contribution >= 0.6 is 0 Å². The number of amides is 1. The molecule has 0 aliphatic heterocycles. The molecule has 0 aliphatic rings. The summed E-state index contributed by atoms with van der Waals surface area (Å²) in [5.74, 6) is -0.623. The Morgan fingerprint density at radius 2 is 2.27 bits per heavy atom. The smallest absolute Gasteiger partial charge is 0.274 e. The third-order valence-corrected chi connectivity index (χ3v) is 1.86. The highest BCUT2D eigenvalue weighted by Gasteiger charge is 2.15. The number of benzene rings is 1. The second-order valence-corrected chi connectivity index (χ2v) is 2.90. The number of methoxy groups -OCH3 is 1. The monoisotopic (exact) mass is 210 g/mol. The highest BCUT2D eigenvalue weighted by molar-refractivity contribution is 5.93. The number of nitro benzene ring substituents is 1. The van der Waals surface area contributed by atoms with Crippen molar-refractivity contribution in [1.82, 2.24) is 0 Å². The Balaban J connectivity index is 3.20. The molecular formula is C9H10N2O4. The lowest BCUT2D eigenvalue weighted by molar-refractivity contribution is -0.385. The van der Waals surface area contributed by atoms with Gasteiger partial charge in [0.1, 0.15) is 0 Å². The minimum atomic E-state index is -0.623. The van der Waals surface area contributed by atoms with Crippen molar-refractivity contribution in [3.63, 3.8) is 0 Å². The fourth-order valence-electron chi connectivity index (χ4n) is 1.19. The Kier molecular flexibility index (Phi) is 3.35. The molecule has 80 valence electrons. The number of nitrogens with two attached hydrogens (primary N) is 1. The van der Waals surface area contributed by atoms with E-state index in [1.54, 1.807) is 0 Å². The van der Waals surface area contributed by atoms with Gasteiger partial charge in [-0.05, 0) is 12.1 Å². The fourth-order valence-corrected chi connectivity index (χ4v) is 1.19. The van der Waals surface area contributed by atoms with Gasteiger partial charge in [0.05, 0.1) is 17.1 Å². The highest BCUT2D eigenvalue weighted by atomic mass is 16.6. The SMILES string of the molecule is COCc1cc(C(N)=O)ccc1[N+](=O)[O-]. The number of ether oxygens (including phenoxy) is 1. The lowest BCUT2D eigenvalue weighted by Crippen LogP contribution is -2.11. The third kappa shape index (κ3) is 2.50. The van der Waals surface area contributed by atoms with Crippen molar-refractivity contribution in [2.24, 2.45) is 5.73 Å². The molecule has 1 aromatic carbocycles. The molecular weight excluding hydrogens is 200 g/mol. The number of hydrogen-bond acceptors (Lipinski definition) is 4. The van der Waals surface area contributed by atoms with Gasteiger partial charge in [-0.3, -0.25) is 14.9 Å². The molecule has 0 aromatic heterocycles. The van der Waals surface area contributed by atoms with E-state index in [1.807, 2.05) is 0 Å². The molecule has 1 amide bonds. The summed E-state index contributed by atoms with van der Waals surface area (Å²) in [5.41, 5.74) is 5.54. The minimum absolute atomic E-state index is 0.0669. The number of nitrogens with zero attached hydrogens (tertiary/aromatic N) is 1. The van der Waals surface area contributed by atoms with Gasteiger partial charge in [0.2, 0.25) is 5.91 Å². The van der Waals surface area contributed by atoms with Crippen LogP contribution in [-0.4, -0.2) is 17.9 Å². The molecule has 0 heterocycles. The van der Waals surface area contributed by atoms with Crippen LogP contribution in [-0.2, 0) is 11.3 Å². The first-order valence-electron chi connectivity index (χ1n) is 4.12. The lowest BCUT2D eigenvalue weighted by atomic mass is 10.1. The first-order valence-corrected chi connectivity index (χ1v) is 4.12. The highest BCUT2D eigenvalue weighted by Crippen LogP contribution is 2.20. The van der Waals surface area contributed by atoms with Crippen molar-refractivity contribution in [2.45, 2.75) is 6.61 Å². The molecule has 0 aliphatic carbocycles. The van der Waals surface area contributed by atoms with Crippen LogP contribution in [0.3, 0.4) is 0 Å². The van der Waals surface area contributed by atoms with Gasteiger partial charge in [-0.15, -0.1) is 0 Å². The van der Waals surface area contributed by atoms with Crippen LogP contribution in [0, 0.1) is 10.1 Å². The van der Waals surface area contributed by atoms with E-state index in [0.29, 0.717) is 5.56 Å². The van der Waals surface area contributed by atoms with Crippen molar-refractivity contribution < 1.29 is 14.5 Å². The van der Waals surface area contributed by atoms with Gasteiger partial charge in [0.15, 0.2) is 0 Å². The largest absolute Gasteiger partial charge is 0.380 e. The maximum absolute atomic E-state index is 10.9. The Hall–Kier alpha value is -1.95. The van der Waals surface area contributed by atoms with E-state index in [9.17, 15) is 14.9 Å². The summed E-state index contributed by atoms with van der Waals surface area (Å²) >= 11 is 0. The van der Waals surface area contributed by atoms with E-state index in [2.05, 4.69) is 0 Å². The van der Waals surface area contributed by atoms with Crippen molar-refractivity contribution in [1.29, 1.82) is 0 Å². The predicted octanol–water partition coefficient (Wildman–Crippen LogP) is 0.840.